The fourth-order valence-corrected chi connectivity index (χ4v) is 1.25. The number of thioether (sulfide) groups is 1. The first-order chi connectivity index (χ1) is 9.46. The van der Waals surface area contributed by atoms with Crippen molar-refractivity contribution in [2.75, 3.05) is 5.75 Å². The zero-order chi connectivity index (χ0) is 15.5. The molecule has 0 aliphatic carbocycles. The van der Waals surface area contributed by atoms with Crippen molar-refractivity contribution in [1.29, 1.82) is 0 Å². The lowest BCUT2D eigenvalue weighted by molar-refractivity contribution is 0.319. The average Bonchev–Trinajstić information content (AvgIpc) is 2.47. The second-order valence-corrected chi connectivity index (χ2v) is 4.96. The van der Waals surface area contributed by atoms with Gasteiger partial charge in [-0.15, -0.1) is 5.10 Å². The van der Waals surface area contributed by atoms with E-state index in [0.29, 0.717) is 28.0 Å². The van der Waals surface area contributed by atoms with Crippen LogP contribution in [-0.2, 0) is 0 Å². The molecule has 112 valence electrons. The fourth-order valence-electron chi connectivity index (χ4n) is 0.770. The molecule has 3 N–H and O–H groups in total. The molecule has 0 fully saturated rings. The SMILES string of the molecule is CCS\C(=N/N=C(C)/C(C)=N/O)N/N=C(C)/C(C)=N/O. The summed E-state index contributed by atoms with van der Waals surface area (Å²) in [5.41, 5.74) is 4.57. The Labute approximate surface area is 122 Å². The molecule has 0 aromatic carbocycles. The maximum Gasteiger partial charge on any atom is 0.203 e. The first-order valence-corrected chi connectivity index (χ1v) is 6.88. The second-order valence-electron chi connectivity index (χ2n) is 3.70. The Kier molecular flexibility index (Phi) is 9.01. The third-order valence-corrected chi connectivity index (χ3v) is 2.97. The van der Waals surface area contributed by atoms with Gasteiger partial charge in [0.1, 0.15) is 0 Å². The average molecular weight is 300 g/mol. The number of nitrogens with one attached hydrogen (secondary N) is 1. The van der Waals surface area contributed by atoms with Gasteiger partial charge in [0, 0.05) is 0 Å². The molecule has 0 amide bonds. The van der Waals surface area contributed by atoms with Crippen LogP contribution in [0.25, 0.3) is 0 Å². The molecule has 0 spiro atoms. The Balaban J connectivity index is 4.99. The number of nitrogens with zero attached hydrogens (tertiary/aromatic N) is 5. The molecule has 0 unspecified atom stereocenters. The highest BCUT2D eigenvalue weighted by atomic mass is 32.2. The van der Waals surface area contributed by atoms with Gasteiger partial charge in [-0.2, -0.15) is 10.2 Å². The third-order valence-electron chi connectivity index (χ3n) is 2.24. The predicted molar refractivity (Wildman–Crippen MR) is 84.7 cm³/mol. The fraction of sp³-hybridized carbons (Fsp3) is 0.545. The van der Waals surface area contributed by atoms with Gasteiger partial charge in [0.2, 0.25) is 5.17 Å². The van der Waals surface area contributed by atoms with Gasteiger partial charge in [-0.25, -0.2) is 0 Å². The van der Waals surface area contributed by atoms with E-state index in [4.69, 9.17) is 10.4 Å². The van der Waals surface area contributed by atoms with Gasteiger partial charge in [-0.3, -0.25) is 5.43 Å². The lowest BCUT2D eigenvalue weighted by Crippen LogP contribution is -2.19. The Morgan fingerprint density at radius 3 is 1.95 bits per heavy atom. The molecular weight excluding hydrogens is 280 g/mol. The summed E-state index contributed by atoms with van der Waals surface area (Å²) in [6.07, 6.45) is 0. The quantitative estimate of drug-likeness (QED) is 0.312. The number of hydrogen-bond acceptors (Lipinski definition) is 8. The maximum absolute atomic E-state index is 8.62. The first kappa shape index (κ1) is 18.1. The van der Waals surface area contributed by atoms with Crippen LogP contribution in [0.3, 0.4) is 0 Å². The van der Waals surface area contributed by atoms with E-state index >= 15 is 0 Å². The third kappa shape index (κ3) is 6.88. The molecule has 9 heteroatoms. The van der Waals surface area contributed by atoms with Gasteiger partial charge in [0.05, 0.1) is 22.8 Å². The van der Waals surface area contributed by atoms with Crippen LogP contribution in [0.4, 0.5) is 0 Å². The van der Waals surface area contributed by atoms with Crippen LogP contribution in [0.5, 0.6) is 0 Å². The molecule has 0 heterocycles. The number of rotatable bonds is 5. The molecule has 0 aromatic heterocycles. The summed E-state index contributed by atoms with van der Waals surface area (Å²) in [6.45, 7) is 8.61. The van der Waals surface area contributed by atoms with E-state index in [2.05, 4.69) is 31.0 Å². The van der Waals surface area contributed by atoms with Crippen LogP contribution in [0, 0.1) is 0 Å². The molecule has 0 atom stereocenters. The lowest BCUT2D eigenvalue weighted by atomic mass is 10.3. The molecule has 8 nitrogen and oxygen atoms in total. The molecule has 0 aliphatic heterocycles. The minimum absolute atomic E-state index is 0.387. The maximum atomic E-state index is 8.62. The lowest BCUT2D eigenvalue weighted by Gasteiger charge is -2.03. The highest BCUT2D eigenvalue weighted by molar-refractivity contribution is 8.13. The zero-order valence-electron chi connectivity index (χ0n) is 12.2. The van der Waals surface area contributed by atoms with Crippen LogP contribution >= 0.6 is 11.8 Å². The van der Waals surface area contributed by atoms with Crippen molar-refractivity contribution in [2.45, 2.75) is 34.6 Å². The molecule has 0 bridgehead atoms. The largest absolute Gasteiger partial charge is 0.411 e. The standard InChI is InChI=1S/C11H20N6O2S/c1-6-20-11(14-12-7(2)9(4)16-18)15-13-8(3)10(5)17-19/h18-19H,6H2,1-5H3,(H,14,15)/b12-7+,13-8+,16-9+,17-10+. The van der Waals surface area contributed by atoms with Crippen molar-refractivity contribution >= 4 is 39.8 Å². The van der Waals surface area contributed by atoms with E-state index in [9.17, 15) is 0 Å². The number of hydrazone groups is 1. The van der Waals surface area contributed by atoms with Crippen molar-refractivity contribution in [3.63, 3.8) is 0 Å². The molecule has 20 heavy (non-hydrogen) atoms. The number of hydrogen-bond donors (Lipinski definition) is 3. The van der Waals surface area contributed by atoms with E-state index in [0.717, 1.165) is 5.75 Å². The van der Waals surface area contributed by atoms with E-state index in [1.165, 1.54) is 11.8 Å². The summed E-state index contributed by atoms with van der Waals surface area (Å²) >= 11 is 1.42. The molecular formula is C11H20N6O2S. The number of oxime groups is 2. The van der Waals surface area contributed by atoms with Gasteiger partial charge in [0.15, 0.2) is 0 Å². The summed E-state index contributed by atoms with van der Waals surface area (Å²) in [7, 11) is 0. The van der Waals surface area contributed by atoms with Gasteiger partial charge in [-0.05, 0) is 33.4 Å². The number of amidine groups is 1. The van der Waals surface area contributed by atoms with E-state index in [1.54, 1.807) is 27.7 Å². The van der Waals surface area contributed by atoms with Crippen molar-refractivity contribution < 1.29 is 10.4 Å². The predicted octanol–water partition coefficient (Wildman–Crippen LogP) is 2.14. The van der Waals surface area contributed by atoms with E-state index < -0.39 is 0 Å². The summed E-state index contributed by atoms with van der Waals surface area (Å²) in [4.78, 5) is 0. The van der Waals surface area contributed by atoms with Gasteiger partial charge >= 0.3 is 0 Å². The van der Waals surface area contributed by atoms with Crippen LogP contribution in [0.1, 0.15) is 34.6 Å². The summed E-state index contributed by atoms with van der Waals surface area (Å²) in [5, 5.41) is 35.8. The van der Waals surface area contributed by atoms with Gasteiger partial charge in [-0.1, -0.05) is 29.0 Å². The van der Waals surface area contributed by atoms with Crippen molar-refractivity contribution in [3.05, 3.63) is 0 Å². The van der Waals surface area contributed by atoms with Crippen LogP contribution in [-0.4, -0.2) is 44.2 Å². The second kappa shape index (κ2) is 9.96. The summed E-state index contributed by atoms with van der Waals surface area (Å²) in [5.74, 6) is 0.787. The highest BCUT2D eigenvalue weighted by Gasteiger charge is 2.01. The van der Waals surface area contributed by atoms with Crippen molar-refractivity contribution in [1.82, 2.24) is 5.43 Å². The van der Waals surface area contributed by atoms with Crippen LogP contribution < -0.4 is 5.43 Å². The zero-order valence-corrected chi connectivity index (χ0v) is 13.1. The summed E-state index contributed by atoms with van der Waals surface area (Å²) in [6, 6.07) is 0. The van der Waals surface area contributed by atoms with Gasteiger partial charge < -0.3 is 10.4 Å². The van der Waals surface area contributed by atoms with E-state index in [1.807, 2.05) is 6.92 Å². The normalized spacial score (nSPS) is 15.6. The molecule has 0 rings (SSSR count). The molecule has 0 aromatic rings. The smallest absolute Gasteiger partial charge is 0.203 e. The Hall–Kier alpha value is -1.90. The topological polar surface area (TPSA) is 114 Å². The van der Waals surface area contributed by atoms with Crippen molar-refractivity contribution in [3.8, 4) is 0 Å². The molecule has 0 radical (unpaired) electrons. The molecule has 0 saturated heterocycles. The Morgan fingerprint density at radius 1 is 0.900 bits per heavy atom. The minimum Gasteiger partial charge on any atom is -0.411 e. The minimum atomic E-state index is 0.387. The molecule has 0 aliphatic rings. The van der Waals surface area contributed by atoms with Crippen molar-refractivity contribution in [2.24, 2.45) is 25.6 Å². The first-order valence-electron chi connectivity index (χ1n) is 5.89. The van der Waals surface area contributed by atoms with Crippen LogP contribution in [0.15, 0.2) is 25.6 Å². The Morgan fingerprint density at radius 2 is 1.45 bits per heavy atom. The summed E-state index contributed by atoms with van der Waals surface area (Å²) < 4.78 is 0. The Bertz CT molecular complexity index is 468. The van der Waals surface area contributed by atoms with E-state index in [-0.39, 0.29) is 0 Å². The van der Waals surface area contributed by atoms with Gasteiger partial charge in [0.25, 0.3) is 0 Å². The highest BCUT2D eigenvalue weighted by Crippen LogP contribution is 2.02. The monoisotopic (exact) mass is 300 g/mol. The molecule has 0 saturated carbocycles. The van der Waals surface area contributed by atoms with Crippen LogP contribution in [0.2, 0.25) is 0 Å².